The Balaban J connectivity index is 2.15. The zero-order chi connectivity index (χ0) is 17.7. The second-order valence-electron chi connectivity index (χ2n) is 4.99. The lowest BCUT2D eigenvalue weighted by Gasteiger charge is -2.08. The molecule has 2 aromatic rings. The average molecular weight is 361 g/mol. The lowest BCUT2D eigenvalue weighted by Crippen LogP contribution is -2.14. The summed E-state index contributed by atoms with van der Waals surface area (Å²) >= 11 is 11.7. The first-order valence-corrected chi connectivity index (χ1v) is 7.65. The van der Waals surface area contributed by atoms with Crippen LogP contribution in [0.2, 0.25) is 10.0 Å². The van der Waals surface area contributed by atoms with E-state index in [2.05, 4.69) is 10.6 Å². The monoisotopic (exact) mass is 360 g/mol. The maximum Gasteiger partial charge on any atom is 0.267 e. The van der Waals surface area contributed by atoms with Gasteiger partial charge in [-0.2, -0.15) is 5.26 Å². The molecule has 0 atom stereocenters. The molecule has 0 fully saturated rings. The number of carbonyl (C=O) groups is 1. The molecule has 0 saturated heterocycles. The van der Waals surface area contributed by atoms with Crippen molar-refractivity contribution in [2.24, 2.45) is 0 Å². The van der Waals surface area contributed by atoms with Crippen molar-refractivity contribution in [3.8, 4) is 6.07 Å². The summed E-state index contributed by atoms with van der Waals surface area (Å²) in [5.41, 5.74) is 8.30. The van der Waals surface area contributed by atoms with E-state index < -0.39 is 5.91 Å². The molecule has 122 valence electrons. The third-order valence-corrected chi connectivity index (χ3v) is 3.86. The highest BCUT2D eigenvalue weighted by molar-refractivity contribution is 6.42. The average Bonchev–Trinajstić information content (AvgIpc) is 2.54. The molecule has 2 rings (SSSR count). The second kappa shape index (κ2) is 7.73. The minimum absolute atomic E-state index is 0.109. The van der Waals surface area contributed by atoms with Gasteiger partial charge in [0.1, 0.15) is 11.6 Å². The summed E-state index contributed by atoms with van der Waals surface area (Å²) in [5, 5.41) is 15.3. The van der Waals surface area contributed by atoms with Gasteiger partial charge >= 0.3 is 0 Å². The first-order chi connectivity index (χ1) is 11.4. The van der Waals surface area contributed by atoms with Crippen molar-refractivity contribution in [1.29, 1.82) is 5.26 Å². The Morgan fingerprint density at radius 1 is 1.21 bits per heavy atom. The smallest absolute Gasteiger partial charge is 0.267 e. The van der Waals surface area contributed by atoms with Crippen LogP contribution in [0, 0.1) is 18.3 Å². The van der Waals surface area contributed by atoms with Gasteiger partial charge in [-0.25, -0.2) is 0 Å². The Labute approximate surface area is 149 Å². The highest BCUT2D eigenvalue weighted by Gasteiger charge is 2.10. The summed E-state index contributed by atoms with van der Waals surface area (Å²) in [7, 11) is 0. The van der Waals surface area contributed by atoms with Crippen molar-refractivity contribution in [3.63, 3.8) is 0 Å². The van der Waals surface area contributed by atoms with E-state index in [1.54, 1.807) is 18.2 Å². The number of nitrogens with one attached hydrogen (secondary N) is 2. The molecule has 0 heterocycles. The van der Waals surface area contributed by atoms with Crippen LogP contribution in [0.1, 0.15) is 5.56 Å². The zero-order valence-electron chi connectivity index (χ0n) is 12.7. The fourth-order valence-corrected chi connectivity index (χ4v) is 2.16. The molecule has 5 nitrogen and oxygen atoms in total. The van der Waals surface area contributed by atoms with Gasteiger partial charge in [-0.1, -0.05) is 29.3 Å². The maximum absolute atomic E-state index is 12.2. The molecule has 0 aromatic heterocycles. The number of rotatable bonds is 4. The van der Waals surface area contributed by atoms with E-state index in [0.717, 1.165) is 5.56 Å². The number of nitriles is 1. The number of benzene rings is 2. The second-order valence-corrected chi connectivity index (χ2v) is 5.80. The van der Waals surface area contributed by atoms with Crippen LogP contribution in [-0.4, -0.2) is 5.91 Å². The van der Waals surface area contributed by atoms with Gasteiger partial charge in [0.25, 0.3) is 5.91 Å². The highest BCUT2D eigenvalue weighted by atomic mass is 35.5. The van der Waals surface area contributed by atoms with Gasteiger partial charge in [0, 0.05) is 11.9 Å². The number of hydrogen-bond acceptors (Lipinski definition) is 4. The van der Waals surface area contributed by atoms with Crippen LogP contribution in [0.5, 0.6) is 0 Å². The molecule has 0 aliphatic carbocycles. The fraction of sp³-hybridized carbons (Fsp3) is 0.0588. The number of hydrogen-bond donors (Lipinski definition) is 3. The number of nitrogens with two attached hydrogens (primary N) is 1. The Morgan fingerprint density at radius 3 is 2.62 bits per heavy atom. The number of nitrogen functional groups attached to an aromatic ring is 1. The highest BCUT2D eigenvalue weighted by Crippen LogP contribution is 2.25. The largest absolute Gasteiger partial charge is 0.397 e. The molecule has 0 spiro atoms. The Morgan fingerprint density at radius 2 is 1.96 bits per heavy atom. The van der Waals surface area contributed by atoms with Gasteiger partial charge in [0.05, 0.1) is 21.4 Å². The first kappa shape index (κ1) is 17.7. The number of amides is 1. The zero-order valence-corrected chi connectivity index (χ0v) is 14.2. The molecule has 4 N–H and O–H groups in total. The van der Waals surface area contributed by atoms with E-state index in [0.29, 0.717) is 27.1 Å². The summed E-state index contributed by atoms with van der Waals surface area (Å²) in [4.78, 5) is 12.2. The van der Waals surface area contributed by atoms with Gasteiger partial charge in [0.2, 0.25) is 0 Å². The van der Waals surface area contributed by atoms with Crippen LogP contribution in [0.3, 0.4) is 0 Å². The molecule has 0 radical (unpaired) electrons. The minimum atomic E-state index is -0.574. The SMILES string of the molecule is Cc1ccc(N)c(N/C=C(/C#N)C(=O)Nc2ccc(Cl)c(Cl)c2)c1. The molecular formula is C17H14Cl2N4O. The van der Waals surface area contributed by atoms with Crippen LogP contribution < -0.4 is 16.4 Å². The van der Waals surface area contributed by atoms with E-state index in [1.165, 1.54) is 12.3 Å². The molecule has 1 amide bonds. The molecular weight excluding hydrogens is 347 g/mol. The fourth-order valence-electron chi connectivity index (χ4n) is 1.87. The van der Waals surface area contributed by atoms with Crippen LogP contribution in [0.15, 0.2) is 48.2 Å². The summed E-state index contributed by atoms with van der Waals surface area (Å²) in [5.74, 6) is -0.574. The van der Waals surface area contributed by atoms with Crippen LogP contribution in [0.25, 0.3) is 0 Å². The summed E-state index contributed by atoms with van der Waals surface area (Å²) in [6, 6.07) is 11.9. The molecule has 2 aromatic carbocycles. The number of aryl methyl sites for hydroxylation is 1. The number of carbonyl (C=O) groups excluding carboxylic acids is 1. The van der Waals surface area contributed by atoms with E-state index in [1.807, 2.05) is 25.1 Å². The Kier molecular flexibility index (Phi) is 5.69. The Hall–Kier alpha value is -2.68. The summed E-state index contributed by atoms with van der Waals surface area (Å²) in [6.07, 6.45) is 1.30. The molecule has 7 heteroatoms. The predicted octanol–water partition coefficient (Wildman–Crippen LogP) is 4.34. The van der Waals surface area contributed by atoms with Crippen LogP contribution in [-0.2, 0) is 4.79 Å². The van der Waals surface area contributed by atoms with Crippen LogP contribution in [0.4, 0.5) is 17.1 Å². The van der Waals surface area contributed by atoms with Crippen molar-refractivity contribution in [2.45, 2.75) is 6.92 Å². The van der Waals surface area contributed by atoms with Gasteiger partial charge in [-0.3, -0.25) is 4.79 Å². The maximum atomic E-state index is 12.2. The van der Waals surface area contributed by atoms with Gasteiger partial charge < -0.3 is 16.4 Å². The van der Waals surface area contributed by atoms with Crippen molar-refractivity contribution < 1.29 is 4.79 Å². The molecule has 0 aliphatic heterocycles. The van der Waals surface area contributed by atoms with Crippen molar-refractivity contribution in [2.75, 3.05) is 16.4 Å². The molecule has 0 unspecified atom stereocenters. The molecule has 24 heavy (non-hydrogen) atoms. The van der Waals surface area contributed by atoms with E-state index >= 15 is 0 Å². The quantitative estimate of drug-likeness (QED) is 0.429. The van der Waals surface area contributed by atoms with E-state index in [-0.39, 0.29) is 5.57 Å². The topological polar surface area (TPSA) is 90.9 Å². The Bertz CT molecular complexity index is 856. The predicted molar refractivity (Wildman–Crippen MR) is 98.0 cm³/mol. The van der Waals surface area contributed by atoms with Gasteiger partial charge in [-0.15, -0.1) is 0 Å². The third-order valence-electron chi connectivity index (χ3n) is 3.12. The standard InChI is InChI=1S/C17H14Cl2N4O/c1-10-2-5-15(21)16(6-10)22-9-11(8-20)17(24)23-12-3-4-13(18)14(19)7-12/h2-7,9,22H,21H2,1H3,(H,23,24)/b11-9-. The molecule has 0 saturated carbocycles. The minimum Gasteiger partial charge on any atom is -0.397 e. The normalized spacial score (nSPS) is 10.8. The van der Waals surface area contributed by atoms with E-state index in [9.17, 15) is 10.1 Å². The van der Waals surface area contributed by atoms with Gasteiger partial charge in [0.15, 0.2) is 0 Å². The summed E-state index contributed by atoms with van der Waals surface area (Å²) < 4.78 is 0. The lowest BCUT2D eigenvalue weighted by molar-refractivity contribution is -0.112. The third kappa shape index (κ3) is 4.42. The number of nitrogens with zero attached hydrogens (tertiary/aromatic N) is 1. The van der Waals surface area contributed by atoms with Crippen molar-refractivity contribution in [1.82, 2.24) is 0 Å². The van der Waals surface area contributed by atoms with E-state index in [4.69, 9.17) is 28.9 Å². The number of anilines is 3. The lowest BCUT2D eigenvalue weighted by atomic mass is 10.2. The van der Waals surface area contributed by atoms with Crippen molar-refractivity contribution in [3.05, 3.63) is 63.8 Å². The van der Waals surface area contributed by atoms with Crippen molar-refractivity contribution >= 4 is 46.2 Å². The summed E-state index contributed by atoms with van der Waals surface area (Å²) in [6.45, 7) is 1.91. The molecule has 0 bridgehead atoms. The first-order valence-electron chi connectivity index (χ1n) is 6.90. The molecule has 0 aliphatic rings. The van der Waals surface area contributed by atoms with Crippen LogP contribution >= 0.6 is 23.2 Å². The van der Waals surface area contributed by atoms with Gasteiger partial charge in [-0.05, 0) is 42.8 Å². The number of halogens is 2.